The van der Waals surface area contributed by atoms with Crippen molar-refractivity contribution >= 4 is 0 Å². The van der Waals surface area contributed by atoms with Crippen LogP contribution in [-0.2, 0) is 0 Å². The van der Waals surface area contributed by atoms with E-state index >= 15 is 0 Å². The van der Waals surface area contributed by atoms with Crippen LogP contribution in [0.1, 0.15) is 23.7 Å². The Balaban J connectivity index is -0.0000000234. The SMILES string of the molecule is [O-]C([O-])c1cccnc1-c1ncccc1C([O-])[O-].[OH-].[OH-].[OH-].[OH-].[OH-].[OH-].[Rb+].[Rb+].[Rb+].[Rb+].[Rb+].[Rb+].[Rb+].[Rb+]. The van der Waals surface area contributed by atoms with Crippen LogP contribution < -0.4 is 486 Å². The molecule has 0 amide bonds. The Kier molecular flexibility index (Phi) is 140. The van der Waals surface area contributed by atoms with Gasteiger partial charge in [0, 0.05) is 12.4 Å². The fourth-order valence-corrected chi connectivity index (χ4v) is 1.61. The summed E-state index contributed by atoms with van der Waals surface area (Å²) in [5.74, 6) is 0. The zero-order valence-corrected chi connectivity index (χ0v) is 59.2. The van der Waals surface area contributed by atoms with Crippen LogP contribution in [0.4, 0.5) is 0 Å². The van der Waals surface area contributed by atoms with Gasteiger partial charge in [-0.15, -0.1) is 0 Å². The monoisotopic (exact) mass is 1030 g/mol. The van der Waals surface area contributed by atoms with Crippen molar-refractivity contribution in [1.82, 2.24) is 9.97 Å². The van der Waals surface area contributed by atoms with Crippen LogP contribution >= 0.6 is 0 Å². The molecule has 0 aliphatic heterocycles. The van der Waals surface area contributed by atoms with Gasteiger partial charge in [0.25, 0.3) is 0 Å². The summed E-state index contributed by atoms with van der Waals surface area (Å²) in [6.07, 6.45) is -1.77. The number of pyridine rings is 2. The Bertz CT molecular complexity index is 529. The van der Waals surface area contributed by atoms with Crippen LogP contribution in [0.25, 0.3) is 11.4 Å². The second kappa shape index (κ2) is 52.9. The van der Waals surface area contributed by atoms with Crippen molar-refractivity contribution in [3.05, 3.63) is 47.8 Å². The van der Waals surface area contributed by atoms with Gasteiger partial charge in [0.1, 0.15) is 0 Å². The smallest absolute Gasteiger partial charge is 0.870 e. The number of aromatic nitrogens is 2. The van der Waals surface area contributed by atoms with Crippen molar-refractivity contribution in [1.29, 1.82) is 0 Å². The van der Waals surface area contributed by atoms with Gasteiger partial charge in [0.05, 0.1) is 11.4 Å². The van der Waals surface area contributed by atoms with E-state index in [0.717, 1.165) is 0 Å². The second-order valence-corrected chi connectivity index (χ2v) is 3.55. The van der Waals surface area contributed by atoms with E-state index in [9.17, 15) is 20.4 Å². The van der Waals surface area contributed by atoms with Crippen LogP contribution in [0.3, 0.4) is 0 Å². The average molecular weight is 1030 g/mol. The normalized spacial score (nSPS) is 6.31. The van der Waals surface area contributed by atoms with Gasteiger partial charge in [0.15, 0.2) is 0 Å². The van der Waals surface area contributed by atoms with E-state index in [1.54, 1.807) is 0 Å². The third-order valence-electron chi connectivity index (χ3n) is 2.41. The molecular weight excluding hydrogens is 1020 g/mol. The van der Waals surface area contributed by atoms with Gasteiger partial charge in [-0.25, -0.2) is 0 Å². The molecule has 0 bridgehead atoms. The number of nitrogens with zero attached hydrogens (tertiary/aromatic N) is 2. The largest absolute Gasteiger partial charge is 1.00 e. The Morgan fingerprint density at radius 1 is 0.469 bits per heavy atom. The Morgan fingerprint density at radius 3 is 0.875 bits per heavy atom. The van der Waals surface area contributed by atoms with E-state index in [1.807, 2.05) is 0 Å². The Morgan fingerprint density at radius 2 is 0.688 bits per heavy atom. The first-order valence-corrected chi connectivity index (χ1v) is 5.14. The molecule has 32 heavy (non-hydrogen) atoms. The molecule has 0 radical (unpaired) electrons. The standard InChI is InChI=1S/C12H8N2O4.6H2O.8Rb/c15-11(16)7-3-1-5-13-9(7)10-8(12(17)18)4-2-6-14-10;;;;;;;;;;;;;;/h1-6,11-12H;6*1H2;;;;;;;;/q-4;;;;;;;8*+1/p-6. The molecule has 2 heterocycles. The summed E-state index contributed by atoms with van der Waals surface area (Å²) in [5, 5.41) is 44.1. The molecule has 0 aliphatic carbocycles. The van der Waals surface area contributed by atoms with Gasteiger partial charge < -0.3 is 53.3 Å². The average Bonchev–Trinajstić information content (AvgIpc) is 2.38. The van der Waals surface area contributed by atoms with Crippen molar-refractivity contribution in [3.63, 3.8) is 0 Å². The summed E-state index contributed by atoms with van der Waals surface area (Å²) in [5.41, 5.74) is -0.254. The van der Waals surface area contributed by atoms with Gasteiger partial charge >= 0.3 is 465 Å². The van der Waals surface area contributed by atoms with Crippen LogP contribution in [0, 0.1) is 0 Å². The minimum absolute atomic E-state index is 0. The fourth-order valence-electron chi connectivity index (χ4n) is 1.61. The molecule has 0 spiro atoms. The maximum absolute atomic E-state index is 11.0. The molecular formula is C12H14N2O10Rb8-2. The van der Waals surface area contributed by atoms with Crippen molar-refractivity contribution < 1.29 is 519 Å². The summed E-state index contributed by atoms with van der Waals surface area (Å²) < 4.78 is 0. The first-order chi connectivity index (χ1) is 8.61. The Hall–Kier alpha value is 12.3. The zero-order valence-electron chi connectivity index (χ0n) is 19.8. The topological polar surface area (TPSA) is 298 Å². The number of hydrogen-bond donors (Lipinski definition) is 0. The molecule has 0 fully saturated rings. The van der Waals surface area contributed by atoms with E-state index in [1.165, 1.54) is 36.7 Å². The maximum atomic E-state index is 11.0. The van der Waals surface area contributed by atoms with E-state index in [-0.39, 0.29) is 521 Å². The minimum Gasteiger partial charge on any atom is -0.870 e. The maximum Gasteiger partial charge on any atom is 1.00 e. The predicted molar refractivity (Wildman–Crippen MR) is 64.6 cm³/mol. The predicted octanol–water partition coefficient (Wildman–Crippen LogP) is -27.4. The molecule has 0 atom stereocenters. The molecule has 0 saturated carbocycles. The number of hydrogen-bond acceptors (Lipinski definition) is 12. The van der Waals surface area contributed by atoms with Crippen molar-refractivity contribution in [2.75, 3.05) is 0 Å². The molecule has 12 nitrogen and oxygen atoms in total. The van der Waals surface area contributed by atoms with E-state index < -0.39 is 12.6 Å². The van der Waals surface area contributed by atoms with E-state index in [4.69, 9.17) is 0 Å². The van der Waals surface area contributed by atoms with Gasteiger partial charge in [-0.2, -0.15) is 12.6 Å². The van der Waals surface area contributed by atoms with Crippen molar-refractivity contribution in [2.24, 2.45) is 0 Å². The van der Waals surface area contributed by atoms with Crippen LogP contribution in [0.15, 0.2) is 36.7 Å². The first-order valence-electron chi connectivity index (χ1n) is 5.14. The summed E-state index contributed by atoms with van der Waals surface area (Å²) in [7, 11) is 0. The molecule has 20 heteroatoms. The van der Waals surface area contributed by atoms with Crippen LogP contribution in [0.5, 0.6) is 0 Å². The first kappa shape index (κ1) is 84.8. The third-order valence-corrected chi connectivity index (χ3v) is 2.41. The van der Waals surface area contributed by atoms with Gasteiger partial charge in [-0.05, 0) is 12.1 Å². The van der Waals surface area contributed by atoms with Crippen molar-refractivity contribution in [2.45, 2.75) is 12.6 Å². The minimum atomic E-state index is -2.25. The van der Waals surface area contributed by atoms with Gasteiger partial charge in [-0.1, -0.05) is 23.3 Å². The number of rotatable bonds is 3. The van der Waals surface area contributed by atoms with Gasteiger partial charge in [0.2, 0.25) is 0 Å². The molecule has 0 aromatic carbocycles. The molecule has 0 unspecified atom stereocenters. The molecule has 0 aliphatic rings. The molecule has 2 rings (SSSR count). The van der Waals surface area contributed by atoms with Crippen LogP contribution in [-0.4, -0.2) is 42.8 Å². The molecule has 0 saturated heterocycles. The van der Waals surface area contributed by atoms with E-state index in [0.29, 0.717) is 0 Å². The zero-order chi connectivity index (χ0) is 13.1. The molecule has 2 aromatic rings. The summed E-state index contributed by atoms with van der Waals surface area (Å²) >= 11 is 0. The third kappa shape index (κ3) is 33.7. The molecule has 2 aromatic heterocycles. The van der Waals surface area contributed by atoms with Crippen molar-refractivity contribution in [3.8, 4) is 11.4 Å². The van der Waals surface area contributed by atoms with Gasteiger partial charge in [-0.3, -0.25) is 9.97 Å². The van der Waals surface area contributed by atoms with E-state index in [2.05, 4.69) is 9.97 Å². The summed E-state index contributed by atoms with van der Waals surface area (Å²) in [6, 6.07) is 5.51. The van der Waals surface area contributed by atoms with Crippen LogP contribution in [0.2, 0.25) is 0 Å². The molecule has 6 N–H and O–H groups in total. The quantitative estimate of drug-likeness (QED) is 0.259. The summed E-state index contributed by atoms with van der Waals surface area (Å²) in [4.78, 5) is 7.75. The second-order valence-electron chi connectivity index (χ2n) is 3.55. The molecule has 142 valence electrons. The fraction of sp³-hybridized carbons (Fsp3) is 0.167. The summed E-state index contributed by atoms with van der Waals surface area (Å²) in [6.45, 7) is 0. The Labute approximate surface area is 578 Å².